The molecule has 1 atom stereocenters. The first-order valence-electron chi connectivity index (χ1n) is 8.90. The van der Waals surface area contributed by atoms with Crippen LogP contribution in [0.4, 0.5) is 4.79 Å². The molecule has 2 aromatic carbocycles. The van der Waals surface area contributed by atoms with Gasteiger partial charge in [0.15, 0.2) is 0 Å². The van der Waals surface area contributed by atoms with Gasteiger partial charge in [-0.2, -0.15) is 0 Å². The van der Waals surface area contributed by atoms with Crippen molar-refractivity contribution in [2.24, 2.45) is 0 Å². The van der Waals surface area contributed by atoms with Crippen molar-refractivity contribution in [3.63, 3.8) is 0 Å². The number of benzene rings is 2. The van der Waals surface area contributed by atoms with Crippen molar-refractivity contribution in [1.29, 1.82) is 0 Å². The summed E-state index contributed by atoms with van der Waals surface area (Å²) in [4.78, 5) is 11.9. The van der Waals surface area contributed by atoms with E-state index < -0.39 is 0 Å². The lowest BCUT2D eigenvalue weighted by atomic mass is 9.86. The number of amides is 1. The quantitative estimate of drug-likeness (QED) is 0.833. The Morgan fingerprint density at radius 3 is 2.60 bits per heavy atom. The molecule has 25 heavy (non-hydrogen) atoms. The predicted molar refractivity (Wildman–Crippen MR) is 99.3 cm³/mol. The first kappa shape index (κ1) is 17.5. The Morgan fingerprint density at radius 1 is 1.12 bits per heavy atom. The summed E-state index contributed by atoms with van der Waals surface area (Å²) in [6.45, 7) is 4.61. The van der Waals surface area contributed by atoms with Gasteiger partial charge in [-0.1, -0.05) is 60.2 Å². The van der Waals surface area contributed by atoms with Gasteiger partial charge >= 0.3 is 6.09 Å². The molecule has 0 radical (unpaired) electrons. The minimum Gasteiger partial charge on any atom is -0.445 e. The van der Waals surface area contributed by atoms with Gasteiger partial charge in [0, 0.05) is 18.1 Å². The second kappa shape index (κ2) is 8.17. The highest BCUT2D eigenvalue weighted by atomic mass is 16.5. The Balaban J connectivity index is 1.35. The molecule has 0 heterocycles. The standard InChI is InChI=1S/C21H26N2O2/c1-15-7-6-10-18(11-15)16(2)22-19-12-20(13-19)23-21(24)25-14-17-8-4-3-5-9-17/h3-11,16,19-20,22H,12-14H2,1-2H3,(H,23,24)/t16-,19?,20?/m0/s1. The lowest BCUT2D eigenvalue weighted by Gasteiger charge is -2.38. The Hall–Kier alpha value is -2.33. The zero-order chi connectivity index (χ0) is 17.6. The molecule has 0 bridgehead atoms. The van der Waals surface area contributed by atoms with E-state index in [1.54, 1.807) is 0 Å². The molecule has 1 amide bonds. The SMILES string of the molecule is Cc1cccc([C@H](C)NC2CC(NC(=O)OCc3ccccc3)C2)c1. The third-order valence-corrected chi connectivity index (χ3v) is 4.70. The van der Waals surface area contributed by atoms with Crippen LogP contribution < -0.4 is 10.6 Å². The van der Waals surface area contributed by atoms with E-state index in [0.717, 1.165) is 18.4 Å². The molecule has 3 rings (SSSR count). The molecule has 1 saturated carbocycles. The largest absolute Gasteiger partial charge is 0.445 e. The van der Waals surface area contributed by atoms with Crippen LogP contribution in [0.25, 0.3) is 0 Å². The van der Waals surface area contributed by atoms with Gasteiger partial charge in [0.2, 0.25) is 0 Å². The van der Waals surface area contributed by atoms with Crippen LogP contribution in [0.3, 0.4) is 0 Å². The number of aryl methyl sites for hydroxylation is 1. The van der Waals surface area contributed by atoms with Crippen molar-refractivity contribution in [2.45, 2.75) is 51.4 Å². The molecule has 0 aliphatic heterocycles. The number of hydrogen-bond donors (Lipinski definition) is 2. The average Bonchev–Trinajstić information content (AvgIpc) is 2.59. The van der Waals surface area contributed by atoms with Gasteiger partial charge in [0.25, 0.3) is 0 Å². The minimum atomic E-state index is -0.334. The maximum Gasteiger partial charge on any atom is 0.407 e. The molecule has 2 aromatic rings. The lowest BCUT2D eigenvalue weighted by Crippen LogP contribution is -2.52. The van der Waals surface area contributed by atoms with Crippen molar-refractivity contribution in [3.05, 3.63) is 71.3 Å². The summed E-state index contributed by atoms with van der Waals surface area (Å²) in [7, 11) is 0. The summed E-state index contributed by atoms with van der Waals surface area (Å²) in [5.74, 6) is 0. The third-order valence-electron chi connectivity index (χ3n) is 4.70. The molecule has 132 valence electrons. The number of hydrogen-bond acceptors (Lipinski definition) is 3. The molecule has 4 nitrogen and oxygen atoms in total. The normalized spacial score (nSPS) is 20.4. The van der Waals surface area contributed by atoms with E-state index in [2.05, 4.69) is 48.7 Å². The van der Waals surface area contributed by atoms with Crippen LogP contribution in [-0.4, -0.2) is 18.2 Å². The molecule has 0 unspecified atom stereocenters. The third kappa shape index (κ3) is 5.07. The summed E-state index contributed by atoms with van der Waals surface area (Å²) < 4.78 is 5.26. The van der Waals surface area contributed by atoms with Gasteiger partial charge in [0.1, 0.15) is 6.61 Å². The van der Waals surface area contributed by atoms with E-state index >= 15 is 0 Å². The number of ether oxygens (including phenoxy) is 1. The molecular weight excluding hydrogens is 312 g/mol. The summed E-state index contributed by atoms with van der Waals surface area (Å²) >= 11 is 0. The fourth-order valence-electron chi connectivity index (χ4n) is 3.19. The molecule has 2 N–H and O–H groups in total. The number of carbonyl (C=O) groups is 1. The van der Waals surface area contributed by atoms with Gasteiger partial charge in [0.05, 0.1) is 0 Å². The van der Waals surface area contributed by atoms with Crippen molar-refractivity contribution in [1.82, 2.24) is 10.6 Å². The molecule has 0 spiro atoms. The van der Waals surface area contributed by atoms with E-state index in [9.17, 15) is 4.79 Å². The molecule has 1 aliphatic carbocycles. The topological polar surface area (TPSA) is 50.4 Å². The van der Waals surface area contributed by atoms with Crippen LogP contribution in [-0.2, 0) is 11.3 Å². The van der Waals surface area contributed by atoms with E-state index in [4.69, 9.17) is 4.74 Å². The van der Waals surface area contributed by atoms with Crippen LogP contribution in [0, 0.1) is 6.92 Å². The zero-order valence-electron chi connectivity index (χ0n) is 14.9. The highest BCUT2D eigenvalue weighted by molar-refractivity contribution is 5.67. The summed E-state index contributed by atoms with van der Waals surface area (Å²) in [6.07, 6.45) is 1.55. The molecule has 0 saturated heterocycles. The fourth-order valence-corrected chi connectivity index (χ4v) is 3.19. The average molecular weight is 338 g/mol. The Bertz CT molecular complexity index is 696. The van der Waals surface area contributed by atoms with Crippen molar-refractivity contribution < 1.29 is 9.53 Å². The van der Waals surface area contributed by atoms with Crippen molar-refractivity contribution in [2.75, 3.05) is 0 Å². The summed E-state index contributed by atoms with van der Waals surface area (Å²) in [5, 5.41) is 6.57. The van der Waals surface area contributed by atoms with E-state index in [0.29, 0.717) is 18.7 Å². The molecular formula is C21H26N2O2. The van der Waals surface area contributed by atoms with Crippen LogP contribution in [0.5, 0.6) is 0 Å². The Labute approximate surface area is 149 Å². The second-order valence-electron chi connectivity index (χ2n) is 6.87. The summed E-state index contributed by atoms with van der Waals surface area (Å²) in [5.41, 5.74) is 3.58. The Kier molecular flexibility index (Phi) is 5.71. The minimum absolute atomic E-state index is 0.200. The molecule has 0 aromatic heterocycles. The van der Waals surface area contributed by atoms with E-state index in [1.165, 1.54) is 11.1 Å². The predicted octanol–water partition coefficient (Wildman–Crippen LogP) is 4.10. The van der Waals surface area contributed by atoms with E-state index in [-0.39, 0.29) is 12.1 Å². The van der Waals surface area contributed by atoms with Gasteiger partial charge in [-0.3, -0.25) is 0 Å². The second-order valence-corrected chi connectivity index (χ2v) is 6.87. The molecule has 1 fully saturated rings. The number of alkyl carbamates (subject to hydrolysis) is 1. The highest BCUT2D eigenvalue weighted by Crippen LogP contribution is 2.24. The highest BCUT2D eigenvalue weighted by Gasteiger charge is 2.31. The van der Waals surface area contributed by atoms with E-state index in [1.807, 2.05) is 30.3 Å². The van der Waals surface area contributed by atoms with Gasteiger partial charge in [-0.25, -0.2) is 4.79 Å². The van der Waals surface area contributed by atoms with Crippen LogP contribution in [0.2, 0.25) is 0 Å². The Morgan fingerprint density at radius 2 is 1.88 bits per heavy atom. The van der Waals surface area contributed by atoms with Gasteiger partial charge < -0.3 is 15.4 Å². The van der Waals surface area contributed by atoms with Gasteiger partial charge in [-0.15, -0.1) is 0 Å². The first-order chi connectivity index (χ1) is 12.1. The van der Waals surface area contributed by atoms with Crippen molar-refractivity contribution in [3.8, 4) is 0 Å². The summed E-state index contributed by atoms with van der Waals surface area (Å²) in [6, 6.07) is 19.2. The number of rotatable bonds is 6. The first-order valence-corrected chi connectivity index (χ1v) is 8.90. The number of carbonyl (C=O) groups excluding carboxylic acids is 1. The maximum absolute atomic E-state index is 11.9. The van der Waals surface area contributed by atoms with Crippen molar-refractivity contribution >= 4 is 6.09 Å². The number of nitrogens with one attached hydrogen (secondary N) is 2. The molecule has 1 aliphatic rings. The monoisotopic (exact) mass is 338 g/mol. The van der Waals surface area contributed by atoms with Crippen LogP contribution >= 0.6 is 0 Å². The van der Waals surface area contributed by atoms with Crippen LogP contribution in [0.1, 0.15) is 42.5 Å². The van der Waals surface area contributed by atoms with Crippen LogP contribution in [0.15, 0.2) is 54.6 Å². The zero-order valence-corrected chi connectivity index (χ0v) is 14.9. The fraction of sp³-hybridized carbons (Fsp3) is 0.381. The lowest BCUT2D eigenvalue weighted by molar-refractivity contribution is 0.124. The smallest absolute Gasteiger partial charge is 0.407 e. The van der Waals surface area contributed by atoms with Gasteiger partial charge in [-0.05, 0) is 37.8 Å². The maximum atomic E-state index is 11.9. The molecule has 4 heteroatoms.